The van der Waals surface area contributed by atoms with Gasteiger partial charge in [0.1, 0.15) is 11.9 Å². The van der Waals surface area contributed by atoms with Crippen LogP contribution in [-0.2, 0) is 5.54 Å². The number of nitrogens with two attached hydrogens (primary N) is 1. The summed E-state index contributed by atoms with van der Waals surface area (Å²) in [6.07, 6.45) is 2.36. The highest BCUT2D eigenvalue weighted by Crippen LogP contribution is 2.49. The molecular formula is C10H12ClNO. The first-order valence-corrected chi connectivity index (χ1v) is 4.33. The van der Waals surface area contributed by atoms with Gasteiger partial charge in [0.15, 0.2) is 0 Å². The smallest absolute Gasteiger partial charge is 0.124 e. The van der Waals surface area contributed by atoms with Crippen LogP contribution in [0.2, 0.25) is 0 Å². The molecule has 1 aliphatic carbocycles. The zero-order valence-corrected chi connectivity index (χ0v) is 8.01. The Morgan fingerprint density at radius 2 is 2.00 bits per heavy atom. The number of para-hydroxylation sites is 1. The summed E-state index contributed by atoms with van der Waals surface area (Å²) in [6, 6.07) is 8.09. The number of benzene rings is 1. The molecule has 70 valence electrons. The molecule has 0 amide bonds. The molecule has 0 radical (unpaired) electrons. The van der Waals surface area contributed by atoms with E-state index < -0.39 is 0 Å². The van der Waals surface area contributed by atoms with Crippen LogP contribution in [0, 0.1) is 0 Å². The number of hydrogen-bond donors (Lipinski definition) is 1. The first-order valence-electron chi connectivity index (χ1n) is 4.33. The van der Waals surface area contributed by atoms with Crippen molar-refractivity contribution < 1.29 is 4.74 Å². The van der Waals surface area contributed by atoms with Crippen LogP contribution in [0.15, 0.2) is 24.3 Å². The normalized spacial score (nSPS) is 33.5. The molecule has 2 heterocycles. The minimum Gasteiger partial charge on any atom is -0.490 e. The van der Waals surface area contributed by atoms with E-state index in [1.807, 2.05) is 18.2 Å². The SMILES string of the molecule is Cl.NC12CC(C1)Oc1ccccc12. The Hall–Kier alpha value is -0.730. The summed E-state index contributed by atoms with van der Waals surface area (Å²) in [7, 11) is 0. The number of halogens is 1. The van der Waals surface area contributed by atoms with Crippen molar-refractivity contribution in [1.29, 1.82) is 0 Å². The molecule has 2 N–H and O–H groups in total. The van der Waals surface area contributed by atoms with Gasteiger partial charge in [-0.15, -0.1) is 12.4 Å². The molecular weight excluding hydrogens is 186 g/mol. The third kappa shape index (κ3) is 1.06. The summed E-state index contributed by atoms with van der Waals surface area (Å²) < 4.78 is 5.68. The van der Waals surface area contributed by atoms with Crippen LogP contribution >= 0.6 is 12.4 Å². The Morgan fingerprint density at radius 3 is 2.69 bits per heavy atom. The van der Waals surface area contributed by atoms with Gasteiger partial charge in [-0.2, -0.15) is 0 Å². The fraction of sp³-hybridized carbons (Fsp3) is 0.400. The molecule has 0 saturated heterocycles. The van der Waals surface area contributed by atoms with Crippen molar-refractivity contribution in [2.24, 2.45) is 5.73 Å². The second kappa shape index (κ2) is 2.63. The lowest BCUT2D eigenvalue weighted by molar-refractivity contribution is 0.00994. The fourth-order valence-corrected chi connectivity index (χ4v) is 2.22. The lowest BCUT2D eigenvalue weighted by Gasteiger charge is -2.50. The summed E-state index contributed by atoms with van der Waals surface area (Å²) in [5.41, 5.74) is 7.29. The Morgan fingerprint density at radius 1 is 1.31 bits per heavy atom. The summed E-state index contributed by atoms with van der Waals surface area (Å²) in [5, 5.41) is 0. The third-order valence-electron chi connectivity index (χ3n) is 2.90. The van der Waals surface area contributed by atoms with Gasteiger partial charge in [0.2, 0.25) is 0 Å². The summed E-state index contributed by atoms with van der Waals surface area (Å²) >= 11 is 0. The van der Waals surface area contributed by atoms with E-state index in [4.69, 9.17) is 10.5 Å². The minimum absolute atomic E-state index is 0. The van der Waals surface area contributed by atoms with Crippen LogP contribution in [-0.4, -0.2) is 6.10 Å². The van der Waals surface area contributed by atoms with Crippen molar-refractivity contribution >= 4 is 12.4 Å². The average Bonchev–Trinajstić information content (AvgIpc) is 2.03. The van der Waals surface area contributed by atoms with Gasteiger partial charge in [0.25, 0.3) is 0 Å². The predicted molar refractivity (Wildman–Crippen MR) is 53.2 cm³/mol. The van der Waals surface area contributed by atoms with E-state index >= 15 is 0 Å². The molecule has 0 spiro atoms. The highest BCUT2D eigenvalue weighted by Gasteiger charge is 2.49. The summed E-state index contributed by atoms with van der Waals surface area (Å²) in [6.45, 7) is 0. The predicted octanol–water partition coefficient (Wildman–Crippen LogP) is 1.82. The van der Waals surface area contributed by atoms with E-state index in [0.29, 0.717) is 6.10 Å². The van der Waals surface area contributed by atoms with Gasteiger partial charge in [-0.3, -0.25) is 0 Å². The van der Waals surface area contributed by atoms with Crippen molar-refractivity contribution in [2.75, 3.05) is 0 Å². The quantitative estimate of drug-likeness (QED) is 0.689. The van der Waals surface area contributed by atoms with E-state index in [1.54, 1.807) is 0 Å². The molecule has 0 unspecified atom stereocenters. The zero-order chi connectivity index (χ0) is 8.18. The zero-order valence-electron chi connectivity index (χ0n) is 7.19. The second-order valence-electron chi connectivity index (χ2n) is 3.80. The van der Waals surface area contributed by atoms with Crippen molar-refractivity contribution in [1.82, 2.24) is 0 Å². The maximum absolute atomic E-state index is 6.18. The van der Waals surface area contributed by atoms with Gasteiger partial charge in [-0.25, -0.2) is 0 Å². The van der Waals surface area contributed by atoms with Crippen LogP contribution in [0.25, 0.3) is 0 Å². The van der Waals surface area contributed by atoms with Crippen molar-refractivity contribution in [3.8, 4) is 5.75 Å². The molecule has 3 aliphatic rings. The highest BCUT2D eigenvalue weighted by molar-refractivity contribution is 5.85. The second-order valence-corrected chi connectivity index (χ2v) is 3.80. The number of rotatable bonds is 0. The number of ether oxygens (including phenoxy) is 1. The van der Waals surface area contributed by atoms with Crippen molar-refractivity contribution in [3.63, 3.8) is 0 Å². The Kier molecular flexibility index (Phi) is 1.79. The molecule has 0 aromatic heterocycles. The monoisotopic (exact) mass is 197 g/mol. The first-order chi connectivity index (χ1) is 5.78. The van der Waals surface area contributed by atoms with Gasteiger partial charge in [0.05, 0.1) is 5.54 Å². The van der Waals surface area contributed by atoms with Gasteiger partial charge in [0, 0.05) is 18.4 Å². The molecule has 1 saturated carbocycles. The molecule has 0 atom stereocenters. The van der Waals surface area contributed by atoms with Gasteiger partial charge in [-0.1, -0.05) is 18.2 Å². The van der Waals surface area contributed by atoms with Crippen LogP contribution in [0.3, 0.4) is 0 Å². The third-order valence-corrected chi connectivity index (χ3v) is 2.90. The van der Waals surface area contributed by atoms with Gasteiger partial charge < -0.3 is 10.5 Å². The number of hydrogen-bond acceptors (Lipinski definition) is 2. The lowest BCUT2D eigenvalue weighted by atomic mass is 9.68. The first kappa shape index (κ1) is 8.85. The van der Waals surface area contributed by atoms with E-state index in [9.17, 15) is 0 Å². The standard InChI is InChI=1S/C10H11NO.ClH/c11-10-5-7(6-10)12-9-4-2-1-3-8(9)10;/h1-4,7H,5-6,11H2;1H. The van der Waals surface area contributed by atoms with Crippen LogP contribution in [0.1, 0.15) is 18.4 Å². The van der Waals surface area contributed by atoms with Crippen molar-refractivity contribution in [3.05, 3.63) is 29.8 Å². The summed E-state index contributed by atoms with van der Waals surface area (Å²) in [5.74, 6) is 0.988. The maximum Gasteiger partial charge on any atom is 0.124 e. The average molecular weight is 198 g/mol. The van der Waals surface area contributed by atoms with Gasteiger partial charge in [-0.05, 0) is 6.07 Å². The molecule has 2 nitrogen and oxygen atoms in total. The maximum atomic E-state index is 6.18. The fourth-order valence-electron chi connectivity index (χ4n) is 2.22. The van der Waals surface area contributed by atoms with E-state index in [2.05, 4.69) is 6.07 Å². The van der Waals surface area contributed by atoms with Gasteiger partial charge >= 0.3 is 0 Å². The Bertz CT molecular complexity index is 333. The molecule has 1 fully saturated rings. The highest BCUT2D eigenvalue weighted by atomic mass is 35.5. The minimum atomic E-state index is -0.0699. The largest absolute Gasteiger partial charge is 0.490 e. The molecule has 2 bridgehead atoms. The van der Waals surface area contributed by atoms with Crippen LogP contribution in [0.4, 0.5) is 0 Å². The van der Waals surface area contributed by atoms with E-state index in [1.165, 1.54) is 5.56 Å². The Balaban J connectivity index is 0.000000653. The molecule has 1 aromatic rings. The molecule has 4 rings (SSSR count). The van der Waals surface area contributed by atoms with E-state index in [-0.39, 0.29) is 17.9 Å². The Labute approximate surface area is 83.5 Å². The van der Waals surface area contributed by atoms with Crippen LogP contribution < -0.4 is 10.5 Å². The lowest BCUT2D eigenvalue weighted by Crippen LogP contribution is -2.57. The molecule has 1 aromatic carbocycles. The molecule has 13 heavy (non-hydrogen) atoms. The topological polar surface area (TPSA) is 35.2 Å². The van der Waals surface area contributed by atoms with Crippen molar-refractivity contribution in [2.45, 2.75) is 24.5 Å². The van der Waals surface area contributed by atoms with E-state index in [0.717, 1.165) is 18.6 Å². The van der Waals surface area contributed by atoms with Crippen LogP contribution in [0.5, 0.6) is 5.75 Å². The molecule has 2 aliphatic heterocycles. The summed E-state index contributed by atoms with van der Waals surface area (Å²) in [4.78, 5) is 0. The molecule has 3 heteroatoms.